The van der Waals surface area contributed by atoms with Crippen molar-refractivity contribution in [2.45, 2.75) is 44.8 Å². The summed E-state index contributed by atoms with van der Waals surface area (Å²) >= 11 is 0. The lowest BCUT2D eigenvalue weighted by molar-refractivity contribution is 0.00851. The topological polar surface area (TPSA) is 44.5 Å². The average Bonchev–Trinajstić information content (AvgIpc) is 2.45. The number of benzene rings is 1. The standard InChI is InChI=1S/C16H25NO2/c1-12-4-3-5-15(10-12)19-11-16(17)13-6-8-14(18-2)9-7-13/h6-9,12,15-16H,3-5,10-11,17H2,1-2H3. The Bertz CT molecular complexity index is 377. The maximum atomic E-state index is 6.17. The Morgan fingerprint density at radius 1 is 1.26 bits per heavy atom. The average molecular weight is 263 g/mol. The van der Waals surface area contributed by atoms with Crippen LogP contribution in [0, 0.1) is 5.92 Å². The van der Waals surface area contributed by atoms with Gasteiger partial charge in [0.05, 0.1) is 25.9 Å². The van der Waals surface area contributed by atoms with Crippen LogP contribution in [0.15, 0.2) is 24.3 Å². The lowest BCUT2D eigenvalue weighted by Gasteiger charge is -2.28. The molecular weight excluding hydrogens is 238 g/mol. The summed E-state index contributed by atoms with van der Waals surface area (Å²) in [4.78, 5) is 0. The second kappa shape index (κ2) is 6.92. The van der Waals surface area contributed by atoms with Gasteiger partial charge in [0.2, 0.25) is 0 Å². The van der Waals surface area contributed by atoms with E-state index >= 15 is 0 Å². The number of hydrogen-bond donors (Lipinski definition) is 1. The van der Waals surface area contributed by atoms with E-state index in [0.717, 1.165) is 17.2 Å². The summed E-state index contributed by atoms with van der Waals surface area (Å²) < 4.78 is 11.1. The molecule has 0 saturated heterocycles. The second-order valence-corrected chi connectivity index (χ2v) is 5.61. The number of methoxy groups -OCH3 is 1. The third-order valence-electron chi connectivity index (χ3n) is 3.94. The van der Waals surface area contributed by atoms with Gasteiger partial charge in [0.25, 0.3) is 0 Å². The van der Waals surface area contributed by atoms with Crippen molar-refractivity contribution in [2.75, 3.05) is 13.7 Å². The van der Waals surface area contributed by atoms with Crippen LogP contribution in [0.2, 0.25) is 0 Å². The molecule has 0 spiro atoms. The number of rotatable bonds is 5. The van der Waals surface area contributed by atoms with Crippen molar-refractivity contribution in [3.8, 4) is 5.75 Å². The highest BCUT2D eigenvalue weighted by molar-refractivity contribution is 5.28. The monoisotopic (exact) mass is 263 g/mol. The van der Waals surface area contributed by atoms with Gasteiger partial charge < -0.3 is 15.2 Å². The SMILES string of the molecule is COc1ccc(C(N)COC2CCCC(C)C2)cc1. The van der Waals surface area contributed by atoms with E-state index in [1.54, 1.807) is 7.11 Å². The van der Waals surface area contributed by atoms with Crippen molar-refractivity contribution in [2.24, 2.45) is 11.7 Å². The summed E-state index contributed by atoms with van der Waals surface area (Å²) in [6.45, 7) is 2.91. The molecule has 3 nitrogen and oxygen atoms in total. The molecule has 0 heterocycles. The van der Waals surface area contributed by atoms with Crippen LogP contribution in [0.3, 0.4) is 0 Å². The van der Waals surface area contributed by atoms with Crippen LogP contribution in [-0.4, -0.2) is 19.8 Å². The highest BCUT2D eigenvalue weighted by Crippen LogP contribution is 2.26. The fourth-order valence-corrected chi connectivity index (χ4v) is 2.72. The molecule has 19 heavy (non-hydrogen) atoms. The predicted octanol–water partition coefficient (Wildman–Crippen LogP) is 3.29. The fourth-order valence-electron chi connectivity index (χ4n) is 2.72. The summed E-state index contributed by atoms with van der Waals surface area (Å²) in [5.41, 5.74) is 7.27. The van der Waals surface area contributed by atoms with Gasteiger partial charge in [-0.15, -0.1) is 0 Å². The number of nitrogens with two attached hydrogens (primary N) is 1. The van der Waals surface area contributed by atoms with Crippen LogP contribution >= 0.6 is 0 Å². The molecular formula is C16H25NO2. The van der Waals surface area contributed by atoms with Crippen LogP contribution in [-0.2, 0) is 4.74 Å². The number of hydrogen-bond acceptors (Lipinski definition) is 3. The molecule has 1 aliphatic carbocycles. The van der Waals surface area contributed by atoms with E-state index in [9.17, 15) is 0 Å². The van der Waals surface area contributed by atoms with Gasteiger partial charge in [-0.2, -0.15) is 0 Å². The first-order valence-corrected chi connectivity index (χ1v) is 7.20. The minimum absolute atomic E-state index is 0.0526. The Balaban J connectivity index is 1.81. The first kappa shape index (κ1) is 14.4. The minimum Gasteiger partial charge on any atom is -0.497 e. The maximum absolute atomic E-state index is 6.17. The van der Waals surface area contributed by atoms with Crippen LogP contribution in [0.5, 0.6) is 5.75 Å². The van der Waals surface area contributed by atoms with Gasteiger partial charge in [-0.3, -0.25) is 0 Å². The molecule has 3 heteroatoms. The molecule has 3 unspecified atom stereocenters. The molecule has 106 valence electrons. The summed E-state index contributed by atoms with van der Waals surface area (Å²) in [6, 6.07) is 7.85. The molecule has 1 saturated carbocycles. The molecule has 0 bridgehead atoms. The normalized spacial score (nSPS) is 25.0. The summed E-state index contributed by atoms with van der Waals surface area (Å²) in [7, 11) is 1.67. The molecule has 0 aromatic heterocycles. The van der Waals surface area contributed by atoms with E-state index in [0.29, 0.717) is 12.7 Å². The van der Waals surface area contributed by atoms with Crippen molar-refractivity contribution in [1.82, 2.24) is 0 Å². The second-order valence-electron chi connectivity index (χ2n) is 5.61. The van der Waals surface area contributed by atoms with E-state index in [1.807, 2.05) is 24.3 Å². The molecule has 0 aliphatic heterocycles. The van der Waals surface area contributed by atoms with E-state index < -0.39 is 0 Å². The molecule has 1 fully saturated rings. The lowest BCUT2D eigenvalue weighted by Crippen LogP contribution is -2.26. The van der Waals surface area contributed by atoms with Crippen LogP contribution in [0.4, 0.5) is 0 Å². The van der Waals surface area contributed by atoms with E-state index in [-0.39, 0.29) is 6.04 Å². The molecule has 1 aromatic rings. The quantitative estimate of drug-likeness (QED) is 0.886. The van der Waals surface area contributed by atoms with Crippen molar-refractivity contribution >= 4 is 0 Å². The van der Waals surface area contributed by atoms with Gasteiger partial charge in [0.1, 0.15) is 5.75 Å². The highest BCUT2D eigenvalue weighted by Gasteiger charge is 2.20. The zero-order valence-electron chi connectivity index (χ0n) is 12.0. The Hall–Kier alpha value is -1.06. The van der Waals surface area contributed by atoms with Gasteiger partial charge in [-0.05, 0) is 36.5 Å². The van der Waals surface area contributed by atoms with Crippen LogP contribution in [0.25, 0.3) is 0 Å². The zero-order valence-corrected chi connectivity index (χ0v) is 12.0. The first-order valence-electron chi connectivity index (χ1n) is 7.20. The van der Waals surface area contributed by atoms with Gasteiger partial charge in [-0.25, -0.2) is 0 Å². The van der Waals surface area contributed by atoms with Gasteiger partial charge in [0, 0.05) is 0 Å². The Morgan fingerprint density at radius 3 is 2.63 bits per heavy atom. The molecule has 0 radical (unpaired) electrons. The van der Waals surface area contributed by atoms with Gasteiger partial charge in [0.15, 0.2) is 0 Å². The summed E-state index contributed by atoms with van der Waals surface area (Å²) in [5.74, 6) is 1.65. The first-order chi connectivity index (χ1) is 9.19. The Kier molecular flexibility index (Phi) is 5.23. The molecule has 1 aromatic carbocycles. The molecule has 1 aliphatic rings. The predicted molar refractivity (Wildman–Crippen MR) is 77.3 cm³/mol. The molecule has 3 atom stereocenters. The fraction of sp³-hybridized carbons (Fsp3) is 0.625. The minimum atomic E-state index is -0.0526. The van der Waals surface area contributed by atoms with Crippen LogP contribution in [0.1, 0.15) is 44.2 Å². The zero-order chi connectivity index (χ0) is 13.7. The summed E-state index contributed by atoms with van der Waals surface area (Å²) in [5, 5.41) is 0. The Morgan fingerprint density at radius 2 is 2.00 bits per heavy atom. The van der Waals surface area contributed by atoms with Gasteiger partial charge in [-0.1, -0.05) is 31.9 Å². The van der Waals surface area contributed by atoms with Crippen molar-refractivity contribution in [3.05, 3.63) is 29.8 Å². The molecule has 0 amide bonds. The largest absolute Gasteiger partial charge is 0.497 e. The highest BCUT2D eigenvalue weighted by atomic mass is 16.5. The molecule has 2 N–H and O–H groups in total. The van der Waals surface area contributed by atoms with Crippen molar-refractivity contribution in [3.63, 3.8) is 0 Å². The smallest absolute Gasteiger partial charge is 0.118 e. The molecule has 2 rings (SSSR count). The van der Waals surface area contributed by atoms with Crippen molar-refractivity contribution < 1.29 is 9.47 Å². The van der Waals surface area contributed by atoms with E-state index in [4.69, 9.17) is 15.2 Å². The van der Waals surface area contributed by atoms with E-state index in [2.05, 4.69) is 6.92 Å². The third-order valence-corrected chi connectivity index (χ3v) is 3.94. The van der Waals surface area contributed by atoms with Gasteiger partial charge >= 0.3 is 0 Å². The lowest BCUT2D eigenvalue weighted by atomic mass is 9.89. The van der Waals surface area contributed by atoms with Crippen molar-refractivity contribution in [1.29, 1.82) is 0 Å². The number of ether oxygens (including phenoxy) is 2. The maximum Gasteiger partial charge on any atom is 0.118 e. The van der Waals surface area contributed by atoms with E-state index in [1.165, 1.54) is 25.7 Å². The van der Waals surface area contributed by atoms with Crippen LogP contribution < -0.4 is 10.5 Å². The Labute approximate surface area is 116 Å². The third kappa shape index (κ3) is 4.22. The summed E-state index contributed by atoms with van der Waals surface area (Å²) in [6.07, 6.45) is 5.37.